The number of rotatable bonds is 7. The average molecular weight is 482 g/mol. The first-order valence-corrected chi connectivity index (χ1v) is 11.8. The van der Waals surface area contributed by atoms with Crippen molar-refractivity contribution in [1.29, 1.82) is 0 Å². The first-order chi connectivity index (χ1) is 15.7. The third kappa shape index (κ3) is 4.22. The zero-order valence-electron chi connectivity index (χ0n) is 17.2. The normalized spacial score (nSPS) is 25.1. The van der Waals surface area contributed by atoms with E-state index in [1.807, 2.05) is 16.8 Å². The number of aliphatic hydroxyl groups excluding tert-OH is 2. The number of nitrogens with one attached hydrogen (secondary N) is 2. The number of aromatic nitrogens is 5. The minimum absolute atomic E-state index is 0.0828. The maximum absolute atomic E-state index is 12.6. The fourth-order valence-corrected chi connectivity index (χ4v) is 4.75. The topological polar surface area (TPSA) is 197 Å². The van der Waals surface area contributed by atoms with E-state index in [4.69, 9.17) is 14.5 Å². The molecule has 14 nitrogen and oxygen atoms in total. The summed E-state index contributed by atoms with van der Waals surface area (Å²) in [5.74, 6) is 0.220. The van der Waals surface area contributed by atoms with E-state index in [2.05, 4.69) is 24.8 Å². The number of ether oxygens (including phenoxy) is 1. The van der Waals surface area contributed by atoms with Crippen LogP contribution in [0, 0.1) is 0 Å². The molecule has 0 aliphatic carbocycles. The number of phosphoric acid groups is 1. The van der Waals surface area contributed by atoms with E-state index in [1.165, 1.54) is 10.9 Å². The summed E-state index contributed by atoms with van der Waals surface area (Å²) in [5, 5.41) is 23.1. The second kappa shape index (κ2) is 8.33. The van der Waals surface area contributed by atoms with Gasteiger partial charge in [-0.25, -0.2) is 9.55 Å². The first kappa shape index (κ1) is 22.2. The van der Waals surface area contributed by atoms with Crippen molar-refractivity contribution >= 4 is 24.9 Å². The first-order valence-electron chi connectivity index (χ1n) is 10.3. The lowest BCUT2D eigenvalue weighted by atomic mass is 10.1. The zero-order valence-corrected chi connectivity index (χ0v) is 18.1. The van der Waals surface area contributed by atoms with E-state index in [0.29, 0.717) is 0 Å². The molecule has 1 fully saturated rings. The van der Waals surface area contributed by atoms with Gasteiger partial charge in [0.05, 0.1) is 31.7 Å². The fraction of sp³-hybridized carbons (Fsp3) is 0.500. The molecule has 0 unspecified atom stereocenters. The molecular formula is C18H23N6O8P. The van der Waals surface area contributed by atoms with E-state index < -0.39 is 38.4 Å². The van der Waals surface area contributed by atoms with Crippen LogP contribution in [-0.4, -0.2) is 62.9 Å². The Kier molecular flexibility index (Phi) is 5.61. The number of hydrogen-bond donors (Lipinski definition) is 6. The summed E-state index contributed by atoms with van der Waals surface area (Å²) in [6, 6.07) is 1.70. The summed E-state index contributed by atoms with van der Waals surface area (Å²) in [6.45, 7) is 0.178. The molecule has 2 aliphatic heterocycles. The van der Waals surface area contributed by atoms with Crippen molar-refractivity contribution in [3.05, 3.63) is 40.2 Å². The molecule has 4 atom stereocenters. The quantitative estimate of drug-likeness (QED) is 0.242. The van der Waals surface area contributed by atoms with Crippen LogP contribution in [0.3, 0.4) is 0 Å². The van der Waals surface area contributed by atoms with Crippen LogP contribution in [0.15, 0.2) is 23.4 Å². The molecule has 178 valence electrons. The molecule has 0 amide bonds. The van der Waals surface area contributed by atoms with Crippen molar-refractivity contribution < 1.29 is 33.8 Å². The lowest BCUT2D eigenvalue weighted by Crippen LogP contribution is -2.25. The SMILES string of the molecule is O=c1[nH]c(N[C@H]2CCn3ccc(CO)c32)nc2c1ncn2[C@@H]1C[C@@H](O)[C@H](COP(=O)(O)O)O1. The van der Waals surface area contributed by atoms with E-state index in [9.17, 15) is 19.6 Å². The minimum Gasteiger partial charge on any atom is -0.392 e. The molecular weight excluding hydrogens is 459 g/mol. The number of aromatic amines is 1. The van der Waals surface area contributed by atoms with Crippen LogP contribution in [-0.2, 0) is 27.0 Å². The van der Waals surface area contributed by atoms with Crippen molar-refractivity contribution in [2.24, 2.45) is 0 Å². The number of hydrogen-bond acceptors (Lipinski definition) is 9. The van der Waals surface area contributed by atoms with Gasteiger partial charge in [0.15, 0.2) is 11.2 Å². The van der Waals surface area contributed by atoms with Crippen molar-refractivity contribution in [3.8, 4) is 0 Å². The number of aliphatic hydroxyl groups is 2. The van der Waals surface area contributed by atoms with Crippen LogP contribution >= 0.6 is 7.82 Å². The van der Waals surface area contributed by atoms with Gasteiger partial charge in [-0.2, -0.15) is 4.98 Å². The van der Waals surface area contributed by atoms with Gasteiger partial charge in [-0.15, -0.1) is 0 Å². The van der Waals surface area contributed by atoms with Crippen LogP contribution < -0.4 is 10.9 Å². The average Bonchev–Trinajstić information content (AvgIpc) is 3.50. The molecule has 1 saturated heterocycles. The Labute approximate surface area is 186 Å². The van der Waals surface area contributed by atoms with E-state index >= 15 is 0 Å². The number of H-pyrrole nitrogens is 1. The second-order valence-electron chi connectivity index (χ2n) is 8.02. The molecule has 0 radical (unpaired) electrons. The molecule has 5 rings (SSSR count). The van der Waals surface area contributed by atoms with Crippen molar-refractivity contribution in [2.45, 2.75) is 50.5 Å². The van der Waals surface area contributed by atoms with Gasteiger partial charge >= 0.3 is 7.82 Å². The summed E-state index contributed by atoms with van der Waals surface area (Å²) >= 11 is 0. The summed E-state index contributed by atoms with van der Waals surface area (Å²) in [7, 11) is -4.71. The van der Waals surface area contributed by atoms with Crippen LogP contribution in [0.25, 0.3) is 11.2 Å². The smallest absolute Gasteiger partial charge is 0.392 e. The summed E-state index contributed by atoms with van der Waals surface area (Å²) in [6.07, 6.45) is 1.35. The van der Waals surface area contributed by atoms with Gasteiger partial charge in [0.1, 0.15) is 12.3 Å². The molecule has 2 aliphatic rings. The number of aryl methyl sites for hydroxylation is 1. The van der Waals surface area contributed by atoms with Gasteiger partial charge in [-0.3, -0.25) is 18.9 Å². The van der Waals surface area contributed by atoms with Crippen LogP contribution in [0.5, 0.6) is 0 Å². The molecule has 3 aromatic heterocycles. The number of nitrogens with zero attached hydrogens (tertiary/aromatic N) is 4. The molecule has 15 heteroatoms. The highest BCUT2D eigenvalue weighted by Gasteiger charge is 2.37. The Morgan fingerprint density at radius 1 is 1.39 bits per heavy atom. The largest absolute Gasteiger partial charge is 0.469 e. The van der Waals surface area contributed by atoms with E-state index in [-0.39, 0.29) is 36.2 Å². The van der Waals surface area contributed by atoms with Crippen LogP contribution in [0.4, 0.5) is 5.95 Å². The number of imidazole rings is 1. The number of anilines is 1. The molecule has 6 N–H and O–H groups in total. The van der Waals surface area contributed by atoms with E-state index in [1.54, 1.807) is 0 Å². The van der Waals surface area contributed by atoms with E-state index in [0.717, 1.165) is 24.2 Å². The van der Waals surface area contributed by atoms with Gasteiger partial charge in [-0.05, 0) is 12.5 Å². The third-order valence-electron chi connectivity index (χ3n) is 5.92. The highest BCUT2D eigenvalue weighted by Crippen LogP contribution is 2.38. The lowest BCUT2D eigenvalue weighted by Gasteiger charge is -2.17. The lowest BCUT2D eigenvalue weighted by molar-refractivity contribution is -0.0424. The number of fused-ring (bicyclic) bond motifs is 2. The van der Waals surface area contributed by atoms with Gasteiger partial charge in [0.2, 0.25) is 5.95 Å². The Morgan fingerprint density at radius 2 is 2.21 bits per heavy atom. The molecule has 0 aromatic carbocycles. The van der Waals surface area contributed by atoms with Gasteiger partial charge in [0.25, 0.3) is 5.56 Å². The van der Waals surface area contributed by atoms with Crippen LogP contribution in [0.2, 0.25) is 0 Å². The summed E-state index contributed by atoms with van der Waals surface area (Å²) in [5.41, 5.74) is 1.58. The summed E-state index contributed by atoms with van der Waals surface area (Å²) < 4.78 is 24.6. The highest BCUT2D eigenvalue weighted by atomic mass is 31.2. The molecule has 0 bridgehead atoms. The predicted octanol–water partition coefficient (Wildman–Crippen LogP) is -0.272. The fourth-order valence-electron chi connectivity index (χ4n) is 4.40. The van der Waals surface area contributed by atoms with Gasteiger partial charge in [0, 0.05) is 30.4 Å². The van der Waals surface area contributed by atoms with Gasteiger partial charge < -0.3 is 34.6 Å². The Bertz CT molecular complexity index is 1280. The number of phosphoric ester groups is 1. The Balaban J connectivity index is 1.40. The van der Waals surface area contributed by atoms with Crippen LogP contribution in [0.1, 0.15) is 36.4 Å². The molecule has 0 saturated carbocycles. The van der Waals surface area contributed by atoms with Crippen molar-refractivity contribution in [3.63, 3.8) is 0 Å². The molecule has 3 aromatic rings. The maximum atomic E-state index is 12.6. The minimum atomic E-state index is -4.71. The second-order valence-corrected chi connectivity index (χ2v) is 9.26. The predicted molar refractivity (Wildman–Crippen MR) is 112 cm³/mol. The zero-order chi connectivity index (χ0) is 23.3. The Hall–Kier alpha value is -2.58. The molecule has 0 spiro atoms. The monoisotopic (exact) mass is 482 g/mol. The maximum Gasteiger partial charge on any atom is 0.469 e. The van der Waals surface area contributed by atoms with Crippen molar-refractivity contribution in [1.82, 2.24) is 24.1 Å². The standard InChI is InChI=1S/C18H23N6O8P/c25-6-9-1-3-23-4-2-10(15(9)23)20-18-21-16-14(17(27)22-18)19-8-24(16)13-5-11(26)12(32-13)7-31-33(28,29)30/h1,3,8,10-13,25-26H,2,4-7H2,(H2,28,29,30)(H2,20,21,22,27)/t10-,11+,12-,13-/m0/s1. The summed E-state index contributed by atoms with van der Waals surface area (Å²) in [4.78, 5) is 41.6. The Morgan fingerprint density at radius 3 is 2.97 bits per heavy atom. The highest BCUT2D eigenvalue weighted by molar-refractivity contribution is 7.46. The molecule has 5 heterocycles. The molecule has 33 heavy (non-hydrogen) atoms. The third-order valence-corrected chi connectivity index (χ3v) is 6.40. The van der Waals surface area contributed by atoms with Crippen molar-refractivity contribution in [2.75, 3.05) is 11.9 Å². The van der Waals surface area contributed by atoms with Gasteiger partial charge in [-0.1, -0.05) is 0 Å².